The van der Waals surface area contributed by atoms with Gasteiger partial charge in [0.15, 0.2) is 0 Å². The lowest BCUT2D eigenvalue weighted by molar-refractivity contribution is 0.209. The lowest BCUT2D eigenvalue weighted by Crippen LogP contribution is -2.23. The monoisotopic (exact) mass is 268 g/mol. The van der Waals surface area contributed by atoms with Crippen LogP contribution in [0.1, 0.15) is 20.3 Å². The number of rotatable bonds is 9. The molecule has 0 heterocycles. The topological polar surface area (TPSA) is 53.7 Å². The predicted octanol–water partition coefficient (Wildman–Crippen LogP) is 2.60. The number of hydrogen-bond acceptors (Lipinski definition) is 4. The van der Waals surface area contributed by atoms with E-state index in [0.717, 1.165) is 23.9 Å². The zero-order chi connectivity index (χ0) is 13.2. The Morgan fingerprint density at radius 1 is 1.17 bits per heavy atom. The van der Waals surface area contributed by atoms with Crippen molar-refractivity contribution in [3.05, 3.63) is 24.3 Å². The summed E-state index contributed by atoms with van der Waals surface area (Å²) in [7, 11) is -1.11. The van der Waals surface area contributed by atoms with Crippen molar-refractivity contribution in [2.45, 2.75) is 26.3 Å². The van der Waals surface area contributed by atoms with Crippen molar-refractivity contribution >= 4 is 15.0 Å². The first-order chi connectivity index (χ1) is 8.76. The molecule has 101 valence electrons. The SMILES string of the molecule is CCO[Si](CCCOc1cccc(N)c1)OCC. The highest BCUT2D eigenvalue weighted by molar-refractivity contribution is 6.44. The van der Waals surface area contributed by atoms with E-state index < -0.39 is 9.28 Å². The van der Waals surface area contributed by atoms with Gasteiger partial charge in [-0.25, -0.2) is 0 Å². The number of nitrogens with two attached hydrogens (primary N) is 1. The largest absolute Gasteiger partial charge is 0.494 e. The molecule has 0 fully saturated rings. The van der Waals surface area contributed by atoms with Crippen LogP contribution in [0.2, 0.25) is 6.04 Å². The van der Waals surface area contributed by atoms with Crippen LogP contribution in [0.5, 0.6) is 5.75 Å². The third-order valence-electron chi connectivity index (χ3n) is 2.26. The summed E-state index contributed by atoms with van der Waals surface area (Å²) in [5.74, 6) is 0.816. The summed E-state index contributed by atoms with van der Waals surface area (Å²) in [6, 6.07) is 8.41. The molecule has 1 aromatic rings. The molecule has 4 nitrogen and oxygen atoms in total. The highest BCUT2D eigenvalue weighted by Crippen LogP contribution is 2.15. The molecule has 1 radical (unpaired) electrons. The molecule has 1 aromatic carbocycles. The summed E-state index contributed by atoms with van der Waals surface area (Å²) in [6.07, 6.45) is 0.934. The van der Waals surface area contributed by atoms with Crippen molar-refractivity contribution in [3.63, 3.8) is 0 Å². The minimum Gasteiger partial charge on any atom is -0.494 e. The molecule has 0 spiro atoms. The van der Waals surface area contributed by atoms with Crippen LogP contribution in [0.4, 0.5) is 5.69 Å². The maximum atomic E-state index is 5.68. The molecule has 0 aliphatic heterocycles. The molecule has 0 atom stereocenters. The van der Waals surface area contributed by atoms with Crippen molar-refractivity contribution in [3.8, 4) is 5.75 Å². The fourth-order valence-electron chi connectivity index (χ4n) is 1.52. The summed E-state index contributed by atoms with van der Waals surface area (Å²) in [6.45, 7) is 6.08. The van der Waals surface area contributed by atoms with Gasteiger partial charge in [-0.1, -0.05) is 6.07 Å². The predicted molar refractivity (Wildman–Crippen MR) is 74.8 cm³/mol. The first kappa shape index (κ1) is 15.0. The van der Waals surface area contributed by atoms with E-state index in [-0.39, 0.29) is 0 Å². The Hall–Kier alpha value is -1.04. The molecule has 18 heavy (non-hydrogen) atoms. The van der Waals surface area contributed by atoms with E-state index in [2.05, 4.69) is 0 Å². The van der Waals surface area contributed by atoms with Crippen LogP contribution in [0.3, 0.4) is 0 Å². The van der Waals surface area contributed by atoms with E-state index in [4.69, 9.17) is 19.3 Å². The second kappa shape index (κ2) is 8.96. The minimum absolute atomic E-state index is 0.664. The van der Waals surface area contributed by atoms with E-state index in [1.165, 1.54) is 0 Å². The summed E-state index contributed by atoms with van der Waals surface area (Å²) in [5.41, 5.74) is 6.40. The van der Waals surface area contributed by atoms with Gasteiger partial charge in [0, 0.05) is 25.0 Å². The Labute approximate surface area is 111 Å². The summed E-state index contributed by atoms with van der Waals surface area (Å²) >= 11 is 0. The van der Waals surface area contributed by atoms with E-state index in [1.807, 2.05) is 38.1 Å². The Balaban J connectivity index is 2.20. The fraction of sp³-hybridized carbons (Fsp3) is 0.538. The Kier molecular flexibility index (Phi) is 7.48. The van der Waals surface area contributed by atoms with Crippen molar-refractivity contribution in [1.29, 1.82) is 0 Å². The number of nitrogen functional groups attached to an aromatic ring is 1. The molecule has 0 aliphatic rings. The lowest BCUT2D eigenvalue weighted by Gasteiger charge is -2.13. The van der Waals surface area contributed by atoms with Crippen LogP contribution in [-0.2, 0) is 8.85 Å². The molecule has 0 aliphatic carbocycles. The van der Waals surface area contributed by atoms with Crippen molar-refractivity contribution in [1.82, 2.24) is 0 Å². The van der Waals surface area contributed by atoms with Crippen LogP contribution in [0.25, 0.3) is 0 Å². The molecule has 2 N–H and O–H groups in total. The van der Waals surface area contributed by atoms with Gasteiger partial charge >= 0.3 is 9.28 Å². The maximum Gasteiger partial charge on any atom is 0.384 e. The highest BCUT2D eigenvalue weighted by atomic mass is 28.3. The van der Waals surface area contributed by atoms with Gasteiger partial charge in [-0.05, 0) is 38.4 Å². The summed E-state index contributed by atoms with van der Waals surface area (Å²) in [5, 5.41) is 0. The summed E-state index contributed by atoms with van der Waals surface area (Å²) < 4.78 is 16.7. The van der Waals surface area contributed by atoms with Gasteiger partial charge in [-0.15, -0.1) is 0 Å². The van der Waals surface area contributed by atoms with Gasteiger partial charge in [0.2, 0.25) is 0 Å². The van der Waals surface area contributed by atoms with E-state index in [1.54, 1.807) is 0 Å². The first-order valence-corrected chi connectivity index (χ1v) is 7.88. The molecule has 5 heteroatoms. The zero-order valence-corrected chi connectivity index (χ0v) is 12.1. The third-order valence-corrected chi connectivity index (χ3v) is 4.25. The van der Waals surface area contributed by atoms with Crippen molar-refractivity contribution < 1.29 is 13.6 Å². The van der Waals surface area contributed by atoms with E-state index >= 15 is 0 Å². The molecule has 0 unspecified atom stereocenters. The molecule has 0 amide bonds. The molecule has 0 bridgehead atoms. The highest BCUT2D eigenvalue weighted by Gasteiger charge is 2.13. The number of ether oxygens (including phenoxy) is 1. The van der Waals surface area contributed by atoms with E-state index in [0.29, 0.717) is 19.8 Å². The standard InChI is InChI=1S/C13H22NO3Si/c1-3-16-18(17-4-2)10-6-9-15-13-8-5-7-12(14)11-13/h5,7-8,11H,3-4,6,9-10,14H2,1-2H3. The van der Waals surface area contributed by atoms with Crippen LogP contribution in [-0.4, -0.2) is 29.1 Å². The number of anilines is 1. The molecule has 0 saturated heterocycles. The van der Waals surface area contributed by atoms with Gasteiger partial charge in [0.05, 0.1) is 6.61 Å². The van der Waals surface area contributed by atoms with Crippen molar-refractivity contribution in [2.75, 3.05) is 25.6 Å². The van der Waals surface area contributed by atoms with Crippen molar-refractivity contribution in [2.24, 2.45) is 0 Å². The molecular weight excluding hydrogens is 246 g/mol. The smallest absolute Gasteiger partial charge is 0.384 e. The third kappa shape index (κ3) is 6.04. The molecule has 0 saturated carbocycles. The van der Waals surface area contributed by atoms with Gasteiger partial charge in [-0.3, -0.25) is 0 Å². The van der Waals surface area contributed by atoms with Crippen LogP contribution >= 0.6 is 0 Å². The Bertz CT molecular complexity index is 330. The number of hydrogen-bond donors (Lipinski definition) is 1. The minimum atomic E-state index is -1.11. The normalized spacial score (nSPS) is 10.8. The number of benzene rings is 1. The summed E-state index contributed by atoms with van der Waals surface area (Å²) in [4.78, 5) is 0. The van der Waals surface area contributed by atoms with Gasteiger partial charge in [0.1, 0.15) is 5.75 Å². The van der Waals surface area contributed by atoms with Crippen LogP contribution in [0.15, 0.2) is 24.3 Å². The maximum absolute atomic E-state index is 5.68. The van der Waals surface area contributed by atoms with Gasteiger partial charge < -0.3 is 19.3 Å². The van der Waals surface area contributed by atoms with E-state index in [9.17, 15) is 0 Å². The molecule has 1 rings (SSSR count). The average Bonchev–Trinajstić information content (AvgIpc) is 2.35. The molecular formula is C13H22NO3Si. The lowest BCUT2D eigenvalue weighted by atomic mass is 10.3. The van der Waals surface area contributed by atoms with Crippen LogP contribution < -0.4 is 10.5 Å². The van der Waals surface area contributed by atoms with Gasteiger partial charge in [0.25, 0.3) is 0 Å². The second-order valence-electron chi connectivity index (χ2n) is 3.76. The van der Waals surface area contributed by atoms with Crippen LogP contribution in [0, 0.1) is 0 Å². The molecule has 0 aromatic heterocycles. The average molecular weight is 268 g/mol. The fourth-order valence-corrected chi connectivity index (χ4v) is 2.97. The second-order valence-corrected chi connectivity index (χ2v) is 5.58. The quantitative estimate of drug-likeness (QED) is 0.425. The Morgan fingerprint density at radius 3 is 2.50 bits per heavy atom. The first-order valence-electron chi connectivity index (χ1n) is 6.36. The van der Waals surface area contributed by atoms with Gasteiger partial charge in [-0.2, -0.15) is 0 Å². The zero-order valence-electron chi connectivity index (χ0n) is 11.1. The Morgan fingerprint density at radius 2 is 1.89 bits per heavy atom.